The summed E-state index contributed by atoms with van der Waals surface area (Å²) in [5, 5.41) is 7.57. The average molecular weight is 315 g/mol. The zero-order valence-electron chi connectivity index (χ0n) is 10.7. The Bertz CT molecular complexity index is 540. The molecule has 0 saturated heterocycles. The Morgan fingerprint density at radius 2 is 2.11 bits per heavy atom. The number of rotatable bonds is 6. The Kier molecular flexibility index (Phi) is 5.49. The van der Waals surface area contributed by atoms with Gasteiger partial charge in [-0.15, -0.1) is 11.3 Å². The highest BCUT2D eigenvalue weighted by atomic mass is 35.5. The summed E-state index contributed by atoms with van der Waals surface area (Å²) >= 11 is 13.7. The van der Waals surface area contributed by atoms with Gasteiger partial charge in [-0.1, -0.05) is 43.0 Å². The summed E-state index contributed by atoms with van der Waals surface area (Å²) in [6, 6.07) is 5.48. The summed E-state index contributed by atoms with van der Waals surface area (Å²) in [6.07, 6.45) is 3.65. The Morgan fingerprint density at radius 3 is 2.84 bits per heavy atom. The highest BCUT2D eigenvalue weighted by Gasteiger charge is 2.08. The topological polar surface area (TPSA) is 24.9 Å². The van der Waals surface area contributed by atoms with Crippen LogP contribution in [0.15, 0.2) is 23.6 Å². The zero-order valence-corrected chi connectivity index (χ0v) is 13.1. The number of hydrogen-bond donors (Lipinski definition) is 1. The summed E-state index contributed by atoms with van der Waals surface area (Å²) in [7, 11) is 0. The Labute approximate surface area is 127 Å². The molecular weight excluding hydrogens is 299 g/mol. The first-order chi connectivity index (χ1) is 9.20. The monoisotopic (exact) mass is 314 g/mol. The van der Waals surface area contributed by atoms with Crippen molar-refractivity contribution in [2.75, 3.05) is 11.9 Å². The van der Waals surface area contributed by atoms with Crippen molar-refractivity contribution in [2.24, 2.45) is 0 Å². The van der Waals surface area contributed by atoms with Gasteiger partial charge in [0.15, 0.2) is 5.13 Å². The van der Waals surface area contributed by atoms with Crippen LogP contribution in [0.1, 0.15) is 26.2 Å². The normalized spacial score (nSPS) is 10.7. The molecule has 0 saturated carbocycles. The van der Waals surface area contributed by atoms with E-state index in [4.69, 9.17) is 23.2 Å². The average Bonchev–Trinajstić information content (AvgIpc) is 2.83. The molecule has 0 aliphatic rings. The van der Waals surface area contributed by atoms with Crippen molar-refractivity contribution in [1.82, 2.24) is 4.98 Å². The fraction of sp³-hybridized carbons (Fsp3) is 0.357. The van der Waals surface area contributed by atoms with Crippen molar-refractivity contribution in [1.29, 1.82) is 0 Å². The van der Waals surface area contributed by atoms with Gasteiger partial charge in [-0.2, -0.15) is 0 Å². The van der Waals surface area contributed by atoms with Crippen LogP contribution in [0, 0.1) is 0 Å². The van der Waals surface area contributed by atoms with E-state index < -0.39 is 0 Å². The van der Waals surface area contributed by atoms with Crippen LogP contribution in [0.5, 0.6) is 0 Å². The first-order valence-corrected chi connectivity index (χ1v) is 7.99. The highest BCUT2D eigenvalue weighted by molar-refractivity contribution is 7.14. The maximum atomic E-state index is 6.18. The first kappa shape index (κ1) is 14.6. The molecule has 1 heterocycles. The van der Waals surface area contributed by atoms with Gasteiger partial charge in [-0.3, -0.25) is 0 Å². The van der Waals surface area contributed by atoms with E-state index in [1.54, 1.807) is 17.4 Å². The quantitative estimate of drug-likeness (QED) is 0.690. The molecule has 1 N–H and O–H groups in total. The number of nitrogens with zero attached hydrogens (tertiary/aromatic N) is 1. The van der Waals surface area contributed by atoms with E-state index >= 15 is 0 Å². The predicted octanol–water partition coefficient (Wildman–Crippen LogP) is 5.72. The lowest BCUT2D eigenvalue weighted by atomic mass is 10.2. The Morgan fingerprint density at radius 1 is 1.26 bits per heavy atom. The van der Waals surface area contributed by atoms with Crippen LogP contribution in [-0.4, -0.2) is 11.5 Å². The van der Waals surface area contributed by atoms with Crippen molar-refractivity contribution in [3.8, 4) is 11.3 Å². The molecule has 5 heteroatoms. The van der Waals surface area contributed by atoms with Crippen molar-refractivity contribution in [3.05, 3.63) is 33.6 Å². The molecule has 19 heavy (non-hydrogen) atoms. The van der Waals surface area contributed by atoms with Gasteiger partial charge in [-0.25, -0.2) is 4.98 Å². The Hall–Kier alpha value is -0.770. The van der Waals surface area contributed by atoms with E-state index in [-0.39, 0.29) is 0 Å². The van der Waals surface area contributed by atoms with Gasteiger partial charge in [0.05, 0.1) is 10.7 Å². The smallest absolute Gasteiger partial charge is 0.183 e. The number of nitrogens with one attached hydrogen (secondary N) is 1. The van der Waals surface area contributed by atoms with Gasteiger partial charge in [0.2, 0.25) is 0 Å². The molecule has 1 aromatic carbocycles. The van der Waals surface area contributed by atoms with E-state index in [0.29, 0.717) is 10.0 Å². The second-order valence-electron chi connectivity index (χ2n) is 4.30. The van der Waals surface area contributed by atoms with Crippen LogP contribution < -0.4 is 5.32 Å². The summed E-state index contributed by atoms with van der Waals surface area (Å²) in [6.45, 7) is 3.17. The standard InChI is InChI=1S/C14H16Cl2N2S/c1-2-3-4-7-17-14-18-13(9-19-14)11-6-5-10(15)8-12(11)16/h5-6,8-9H,2-4,7H2,1H3,(H,17,18). The lowest BCUT2D eigenvalue weighted by molar-refractivity contribution is 0.743. The maximum absolute atomic E-state index is 6.18. The van der Waals surface area contributed by atoms with Crippen LogP contribution >= 0.6 is 34.5 Å². The molecule has 0 atom stereocenters. The van der Waals surface area contributed by atoms with Crippen LogP contribution in [0.2, 0.25) is 10.0 Å². The SMILES string of the molecule is CCCCCNc1nc(-c2ccc(Cl)cc2Cl)cs1. The second kappa shape index (κ2) is 7.13. The minimum Gasteiger partial charge on any atom is -0.362 e. The van der Waals surface area contributed by atoms with Crippen molar-refractivity contribution >= 4 is 39.7 Å². The summed E-state index contributed by atoms with van der Waals surface area (Å²) in [5.74, 6) is 0. The lowest BCUT2D eigenvalue weighted by Crippen LogP contribution is -2.00. The number of benzene rings is 1. The maximum Gasteiger partial charge on any atom is 0.183 e. The molecule has 0 aliphatic carbocycles. The van der Waals surface area contributed by atoms with Crippen LogP contribution in [0.4, 0.5) is 5.13 Å². The van der Waals surface area contributed by atoms with E-state index in [1.807, 2.05) is 17.5 Å². The number of aromatic nitrogens is 1. The van der Waals surface area contributed by atoms with Crippen molar-refractivity contribution < 1.29 is 0 Å². The Balaban J connectivity index is 2.04. The molecule has 0 unspecified atom stereocenters. The minimum atomic E-state index is 0.635. The molecule has 2 aromatic rings. The molecular formula is C14H16Cl2N2S. The van der Waals surface area contributed by atoms with E-state index in [2.05, 4.69) is 17.2 Å². The number of anilines is 1. The lowest BCUT2D eigenvalue weighted by Gasteiger charge is -2.02. The number of hydrogen-bond acceptors (Lipinski definition) is 3. The van der Waals surface area contributed by atoms with Gasteiger partial charge in [-0.05, 0) is 24.6 Å². The third kappa shape index (κ3) is 4.10. The van der Waals surface area contributed by atoms with E-state index in [9.17, 15) is 0 Å². The zero-order chi connectivity index (χ0) is 13.7. The van der Waals surface area contributed by atoms with Gasteiger partial charge < -0.3 is 5.32 Å². The van der Waals surface area contributed by atoms with Gasteiger partial charge in [0.1, 0.15) is 0 Å². The number of halogens is 2. The molecule has 1 aromatic heterocycles. The molecule has 0 aliphatic heterocycles. The predicted molar refractivity (Wildman–Crippen MR) is 85.6 cm³/mol. The molecule has 0 bridgehead atoms. The largest absolute Gasteiger partial charge is 0.362 e. The third-order valence-electron chi connectivity index (χ3n) is 2.77. The molecule has 102 valence electrons. The van der Waals surface area contributed by atoms with Crippen LogP contribution in [-0.2, 0) is 0 Å². The molecule has 0 amide bonds. The summed E-state index contributed by atoms with van der Waals surface area (Å²) in [4.78, 5) is 4.55. The van der Waals surface area contributed by atoms with Crippen LogP contribution in [0.3, 0.4) is 0 Å². The van der Waals surface area contributed by atoms with Gasteiger partial charge in [0.25, 0.3) is 0 Å². The van der Waals surface area contributed by atoms with Crippen molar-refractivity contribution in [3.63, 3.8) is 0 Å². The highest BCUT2D eigenvalue weighted by Crippen LogP contribution is 2.32. The number of unbranched alkanes of at least 4 members (excludes halogenated alkanes) is 2. The summed E-state index contributed by atoms with van der Waals surface area (Å²) in [5.41, 5.74) is 1.81. The minimum absolute atomic E-state index is 0.635. The number of thiazole rings is 1. The van der Waals surface area contributed by atoms with Gasteiger partial charge in [0, 0.05) is 22.5 Å². The second-order valence-corrected chi connectivity index (χ2v) is 6.00. The molecule has 2 nitrogen and oxygen atoms in total. The van der Waals surface area contributed by atoms with E-state index in [0.717, 1.165) is 22.9 Å². The molecule has 0 radical (unpaired) electrons. The fourth-order valence-electron chi connectivity index (χ4n) is 1.75. The summed E-state index contributed by atoms with van der Waals surface area (Å²) < 4.78 is 0. The fourth-order valence-corrected chi connectivity index (χ4v) is 2.99. The molecule has 2 rings (SSSR count). The molecule has 0 fully saturated rings. The van der Waals surface area contributed by atoms with Gasteiger partial charge >= 0.3 is 0 Å². The van der Waals surface area contributed by atoms with Crippen molar-refractivity contribution in [2.45, 2.75) is 26.2 Å². The molecule has 0 spiro atoms. The first-order valence-electron chi connectivity index (χ1n) is 6.35. The van der Waals surface area contributed by atoms with Crippen LogP contribution in [0.25, 0.3) is 11.3 Å². The van der Waals surface area contributed by atoms with E-state index in [1.165, 1.54) is 19.3 Å². The third-order valence-corrected chi connectivity index (χ3v) is 4.12.